The van der Waals surface area contributed by atoms with Gasteiger partial charge in [-0.25, -0.2) is 4.99 Å². The number of ether oxygens (including phenoxy) is 3. The molecule has 0 saturated heterocycles. The lowest BCUT2D eigenvalue weighted by Gasteiger charge is -2.16. The zero-order chi connectivity index (χ0) is 21.1. The van der Waals surface area contributed by atoms with Crippen LogP contribution < -0.4 is 19.5 Å². The van der Waals surface area contributed by atoms with Crippen molar-refractivity contribution in [2.75, 3.05) is 13.9 Å². The maximum Gasteiger partial charge on any atom is 0.236 e. The third kappa shape index (κ3) is 3.66. The number of nitrogens with zero attached hydrogens (tertiary/aromatic N) is 2. The maximum absolute atomic E-state index is 13.0. The lowest BCUT2D eigenvalue weighted by Crippen LogP contribution is -2.33. The van der Waals surface area contributed by atoms with Crippen molar-refractivity contribution in [1.29, 1.82) is 0 Å². The number of carbonyl (C=O) groups excluding carboxylic acids is 1. The van der Waals surface area contributed by atoms with Gasteiger partial charge in [-0.15, -0.1) is 0 Å². The van der Waals surface area contributed by atoms with Crippen LogP contribution in [0.4, 0.5) is 0 Å². The van der Waals surface area contributed by atoms with Gasteiger partial charge in [-0.2, -0.15) is 0 Å². The molecule has 0 bridgehead atoms. The fourth-order valence-corrected chi connectivity index (χ4v) is 3.49. The number of fused-ring (bicyclic) bond motifs is 1. The Morgan fingerprint density at radius 3 is 2.70 bits per heavy atom. The molecular formula is C23H23N3O4. The molecule has 0 atom stereocenters. The molecule has 0 spiro atoms. The lowest BCUT2D eigenvalue weighted by molar-refractivity contribution is -0.122. The zero-order valence-corrected chi connectivity index (χ0v) is 17.0. The first kappa shape index (κ1) is 19.7. The van der Waals surface area contributed by atoms with E-state index in [1.54, 1.807) is 7.11 Å². The van der Waals surface area contributed by atoms with Crippen molar-refractivity contribution in [3.8, 4) is 17.2 Å². The highest BCUT2D eigenvalue weighted by atomic mass is 16.7. The monoisotopic (exact) mass is 405 g/mol. The number of hydrogen-bond acceptors (Lipinski definition) is 6. The second kappa shape index (κ2) is 8.02. The molecule has 1 fully saturated rings. The quantitative estimate of drug-likeness (QED) is 0.714. The van der Waals surface area contributed by atoms with Crippen LogP contribution in [0.2, 0.25) is 0 Å². The van der Waals surface area contributed by atoms with E-state index in [-0.39, 0.29) is 12.7 Å². The molecule has 1 heterocycles. The smallest absolute Gasteiger partial charge is 0.236 e. The van der Waals surface area contributed by atoms with E-state index < -0.39 is 5.41 Å². The molecule has 1 saturated carbocycles. The molecule has 1 aliphatic carbocycles. The SMILES string of the molecule is C=N/C(=C\N=C(C)c1ccccc1OC)NC(=O)C1(c2ccc3c(c2)OCO3)CC1. The highest BCUT2D eigenvalue weighted by Gasteiger charge is 2.51. The molecule has 7 nitrogen and oxygen atoms in total. The van der Waals surface area contributed by atoms with Crippen molar-refractivity contribution in [3.05, 3.63) is 65.6 Å². The average molecular weight is 405 g/mol. The molecule has 154 valence electrons. The van der Waals surface area contributed by atoms with Gasteiger partial charge in [-0.1, -0.05) is 18.2 Å². The molecule has 0 radical (unpaired) electrons. The second-order valence-electron chi connectivity index (χ2n) is 7.19. The topological polar surface area (TPSA) is 81.5 Å². The predicted octanol–water partition coefficient (Wildman–Crippen LogP) is 3.58. The summed E-state index contributed by atoms with van der Waals surface area (Å²) in [4.78, 5) is 21.4. The lowest BCUT2D eigenvalue weighted by atomic mass is 9.94. The van der Waals surface area contributed by atoms with Crippen LogP contribution in [0.25, 0.3) is 0 Å². The van der Waals surface area contributed by atoms with Crippen LogP contribution in [0.1, 0.15) is 30.9 Å². The standard InChI is InChI=1S/C23H23N3O4/c1-15(17-6-4-5-7-18(17)28-3)25-13-21(24-2)26-22(27)23(10-11-23)16-8-9-19-20(12-16)30-14-29-19/h4-9,12-13H,2,10-11,14H2,1,3H3,(H,26,27)/b21-13+,25-15?. The van der Waals surface area contributed by atoms with Gasteiger partial charge in [-0.05, 0) is 56.3 Å². The number of hydrogen-bond donors (Lipinski definition) is 1. The fraction of sp³-hybridized carbons (Fsp3) is 0.261. The van der Waals surface area contributed by atoms with E-state index in [0.717, 1.165) is 35.4 Å². The third-order valence-corrected chi connectivity index (χ3v) is 5.40. The van der Waals surface area contributed by atoms with E-state index in [2.05, 4.69) is 22.0 Å². The Balaban J connectivity index is 1.52. The molecular weight excluding hydrogens is 382 g/mol. The van der Waals surface area contributed by atoms with Crippen LogP contribution in [0, 0.1) is 0 Å². The van der Waals surface area contributed by atoms with Crippen LogP contribution in [0.3, 0.4) is 0 Å². The summed E-state index contributed by atoms with van der Waals surface area (Å²) in [5, 5.41) is 2.85. The molecule has 4 rings (SSSR count). The van der Waals surface area contributed by atoms with E-state index in [9.17, 15) is 4.79 Å². The van der Waals surface area contributed by atoms with E-state index in [4.69, 9.17) is 14.2 Å². The summed E-state index contributed by atoms with van der Waals surface area (Å²) in [5.74, 6) is 2.25. The minimum atomic E-state index is -0.591. The Hall–Kier alpha value is -3.61. The summed E-state index contributed by atoms with van der Waals surface area (Å²) in [5.41, 5.74) is 1.91. The second-order valence-corrected chi connectivity index (χ2v) is 7.19. The Morgan fingerprint density at radius 1 is 1.20 bits per heavy atom. The van der Waals surface area contributed by atoms with Crippen molar-refractivity contribution in [3.63, 3.8) is 0 Å². The third-order valence-electron chi connectivity index (χ3n) is 5.40. The number of carbonyl (C=O) groups is 1. The Morgan fingerprint density at radius 2 is 1.97 bits per heavy atom. The normalized spacial score (nSPS) is 16.7. The Bertz CT molecular complexity index is 1050. The molecule has 0 aromatic heterocycles. The van der Waals surface area contributed by atoms with Gasteiger partial charge >= 0.3 is 0 Å². The van der Waals surface area contributed by atoms with Gasteiger partial charge in [0.05, 0.1) is 18.7 Å². The van der Waals surface area contributed by atoms with E-state index in [1.165, 1.54) is 6.20 Å². The number of benzene rings is 2. The van der Waals surface area contributed by atoms with Crippen LogP contribution in [-0.4, -0.2) is 32.2 Å². The van der Waals surface area contributed by atoms with E-state index in [1.807, 2.05) is 49.4 Å². The van der Waals surface area contributed by atoms with E-state index in [0.29, 0.717) is 17.3 Å². The van der Waals surface area contributed by atoms with Crippen molar-refractivity contribution in [2.24, 2.45) is 9.98 Å². The summed E-state index contributed by atoms with van der Waals surface area (Å²) in [6.07, 6.45) is 3.02. The highest BCUT2D eigenvalue weighted by Crippen LogP contribution is 2.50. The highest BCUT2D eigenvalue weighted by molar-refractivity contribution is 6.01. The van der Waals surface area contributed by atoms with Gasteiger partial charge in [0, 0.05) is 11.3 Å². The summed E-state index contributed by atoms with van der Waals surface area (Å²) >= 11 is 0. The summed E-state index contributed by atoms with van der Waals surface area (Å²) < 4.78 is 16.2. The van der Waals surface area contributed by atoms with Gasteiger partial charge in [0.15, 0.2) is 11.5 Å². The van der Waals surface area contributed by atoms with Crippen LogP contribution in [-0.2, 0) is 10.2 Å². The first-order valence-corrected chi connectivity index (χ1v) is 9.63. The molecule has 30 heavy (non-hydrogen) atoms. The van der Waals surface area contributed by atoms with Gasteiger partial charge < -0.3 is 19.5 Å². The number of aliphatic imine (C=N–C) groups is 2. The molecule has 1 amide bonds. The van der Waals surface area contributed by atoms with Crippen molar-refractivity contribution in [2.45, 2.75) is 25.2 Å². The summed E-state index contributed by atoms with van der Waals surface area (Å²) in [6, 6.07) is 13.2. The molecule has 2 aliphatic rings. The van der Waals surface area contributed by atoms with Crippen molar-refractivity contribution >= 4 is 18.3 Å². The van der Waals surface area contributed by atoms with Gasteiger partial charge in [0.1, 0.15) is 11.6 Å². The Labute approximate surface area is 175 Å². The molecule has 2 aromatic carbocycles. The van der Waals surface area contributed by atoms with Gasteiger partial charge in [0.25, 0.3) is 0 Å². The number of para-hydroxylation sites is 1. The van der Waals surface area contributed by atoms with Crippen molar-refractivity contribution < 1.29 is 19.0 Å². The number of amides is 1. The average Bonchev–Trinajstić information content (AvgIpc) is 3.47. The van der Waals surface area contributed by atoms with Crippen LogP contribution in [0.5, 0.6) is 17.2 Å². The van der Waals surface area contributed by atoms with Gasteiger partial charge in [0.2, 0.25) is 12.7 Å². The number of methoxy groups -OCH3 is 1. The molecule has 7 heteroatoms. The van der Waals surface area contributed by atoms with Crippen LogP contribution >= 0.6 is 0 Å². The van der Waals surface area contributed by atoms with E-state index >= 15 is 0 Å². The summed E-state index contributed by atoms with van der Waals surface area (Å²) in [6.45, 7) is 5.63. The molecule has 1 aliphatic heterocycles. The zero-order valence-electron chi connectivity index (χ0n) is 17.0. The molecule has 2 aromatic rings. The first-order valence-electron chi connectivity index (χ1n) is 9.63. The fourth-order valence-electron chi connectivity index (χ4n) is 3.49. The molecule has 0 unspecified atom stereocenters. The first-order chi connectivity index (χ1) is 14.6. The largest absolute Gasteiger partial charge is 0.496 e. The van der Waals surface area contributed by atoms with Gasteiger partial charge in [-0.3, -0.25) is 9.79 Å². The predicted molar refractivity (Wildman–Crippen MR) is 114 cm³/mol. The summed E-state index contributed by atoms with van der Waals surface area (Å²) in [7, 11) is 1.62. The Kier molecular flexibility index (Phi) is 5.27. The molecule has 1 N–H and O–H groups in total. The number of nitrogens with one attached hydrogen (secondary N) is 1. The maximum atomic E-state index is 13.0. The van der Waals surface area contributed by atoms with Crippen LogP contribution in [0.15, 0.2) is 64.5 Å². The minimum absolute atomic E-state index is 0.134. The number of rotatable bonds is 7. The van der Waals surface area contributed by atoms with Crippen molar-refractivity contribution in [1.82, 2.24) is 5.32 Å². The minimum Gasteiger partial charge on any atom is -0.496 e.